The van der Waals surface area contributed by atoms with E-state index in [4.69, 9.17) is 13.8 Å². The summed E-state index contributed by atoms with van der Waals surface area (Å²) in [5, 5.41) is 0. The molecule has 0 fully saturated rings. The van der Waals surface area contributed by atoms with Crippen molar-refractivity contribution in [3.05, 3.63) is 48.3 Å². The minimum atomic E-state index is -3.11. The van der Waals surface area contributed by atoms with Crippen LogP contribution in [0.2, 0.25) is 0 Å². The summed E-state index contributed by atoms with van der Waals surface area (Å²) in [6.07, 6.45) is 3.38. The quantitative estimate of drug-likeness (QED) is 0.727. The Balaban J connectivity index is 2.12. The van der Waals surface area contributed by atoms with Gasteiger partial charge in [-0.05, 0) is 30.7 Å². The Morgan fingerprint density at radius 2 is 1.95 bits per heavy atom. The molecule has 0 radical (unpaired) electrons. The van der Waals surface area contributed by atoms with Crippen molar-refractivity contribution in [1.29, 1.82) is 0 Å². The van der Waals surface area contributed by atoms with Gasteiger partial charge in [-0.3, -0.25) is 4.57 Å². The van der Waals surface area contributed by atoms with Crippen LogP contribution in [0.1, 0.15) is 12.5 Å². The normalized spacial score (nSPS) is 13.6. The predicted molar refractivity (Wildman–Crippen MR) is 78.5 cm³/mol. The number of hydrogen-bond acceptors (Lipinski definition) is 6. The Morgan fingerprint density at radius 3 is 2.62 bits per heavy atom. The fourth-order valence-electron chi connectivity index (χ4n) is 1.73. The number of benzene rings is 1. The van der Waals surface area contributed by atoms with Crippen LogP contribution in [-0.2, 0) is 19.8 Å². The lowest BCUT2D eigenvalue weighted by Crippen LogP contribution is -1.97. The fraction of sp³-hybridized carbons (Fsp3) is 0.286. The lowest BCUT2D eigenvalue weighted by atomic mass is 10.2. The van der Waals surface area contributed by atoms with E-state index in [2.05, 4.69) is 9.97 Å². The second-order valence-electron chi connectivity index (χ2n) is 4.15. The number of nitrogens with zero attached hydrogens (tertiary/aromatic N) is 2. The maximum atomic E-state index is 12.3. The van der Waals surface area contributed by atoms with Crippen molar-refractivity contribution in [3.63, 3.8) is 0 Å². The van der Waals surface area contributed by atoms with E-state index in [0.29, 0.717) is 12.4 Å². The molecule has 0 spiro atoms. The summed E-state index contributed by atoms with van der Waals surface area (Å²) < 4.78 is 28.1. The molecule has 0 saturated heterocycles. The summed E-state index contributed by atoms with van der Waals surface area (Å²) in [4.78, 5) is 7.97. The molecule has 0 aliphatic heterocycles. The van der Waals surface area contributed by atoms with E-state index in [9.17, 15) is 4.57 Å². The molecule has 1 aromatic heterocycles. The number of hydrogen-bond donors (Lipinski definition) is 0. The molecular weight excluding hydrogens is 291 g/mol. The van der Waals surface area contributed by atoms with Crippen LogP contribution in [0.4, 0.5) is 0 Å². The predicted octanol–water partition coefficient (Wildman–Crippen LogP) is 3.64. The highest BCUT2D eigenvalue weighted by molar-refractivity contribution is 7.53. The molecule has 6 nitrogen and oxygen atoms in total. The third kappa shape index (κ3) is 4.63. The number of aromatic nitrogens is 2. The topological polar surface area (TPSA) is 70.5 Å². The van der Waals surface area contributed by atoms with E-state index in [-0.39, 0.29) is 12.2 Å². The Bertz CT molecular complexity index is 621. The zero-order valence-electron chi connectivity index (χ0n) is 11.9. The first-order chi connectivity index (χ1) is 10.1. The minimum Gasteiger partial charge on any atom is -0.424 e. The Hall–Kier alpha value is -1.75. The van der Waals surface area contributed by atoms with Crippen LogP contribution < -0.4 is 4.74 Å². The SMILES string of the molecule is CCOP(=O)(Cc1cccc(Oc2ncccn2)c1)OC. The van der Waals surface area contributed by atoms with Gasteiger partial charge < -0.3 is 13.8 Å². The van der Waals surface area contributed by atoms with Crippen molar-refractivity contribution in [3.8, 4) is 11.8 Å². The lowest BCUT2D eigenvalue weighted by Gasteiger charge is -2.15. The van der Waals surface area contributed by atoms with Crippen LogP contribution in [0.15, 0.2) is 42.7 Å². The molecule has 0 amide bonds. The molecule has 112 valence electrons. The van der Waals surface area contributed by atoms with Crippen molar-refractivity contribution in [1.82, 2.24) is 9.97 Å². The zero-order valence-corrected chi connectivity index (χ0v) is 12.8. The van der Waals surface area contributed by atoms with Crippen LogP contribution in [0.3, 0.4) is 0 Å². The highest BCUT2D eigenvalue weighted by Crippen LogP contribution is 2.50. The largest absolute Gasteiger partial charge is 0.424 e. The van der Waals surface area contributed by atoms with Crippen molar-refractivity contribution < 1.29 is 18.3 Å². The molecule has 1 aromatic carbocycles. The average Bonchev–Trinajstić information content (AvgIpc) is 2.49. The Kier molecular flexibility index (Phi) is 5.44. The highest BCUT2D eigenvalue weighted by Gasteiger charge is 2.23. The molecule has 0 saturated carbocycles. The van der Waals surface area contributed by atoms with E-state index >= 15 is 0 Å². The summed E-state index contributed by atoms with van der Waals surface area (Å²) in [5.41, 5.74) is 0.794. The second-order valence-corrected chi connectivity index (χ2v) is 6.31. The highest BCUT2D eigenvalue weighted by atomic mass is 31.2. The molecule has 1 heterocycles. The first kappa shape index (κ1) is 15.6. The summed E-state index contributed by atoms with van der Waals surface area (Å²) in [7, 11) is -1.73. The molecule has 0 aliphatic rings. The lowest BCUT2D eigenvalue weighted by molar-refractivity contribution is 0.243. The van der Waals surface area contributed by atoms with Crippen molar-refractivity contribution in [2.75, 3.05) is 13.7 Å². The third-order valence-electron chi connectivity index (χ3n) is 2.63. The van der Waals surface area contributed by atoms with Crippen LogP contribution in [0.25, 0.3) is 0 Å². The van der Waals surface area contributed by atoms with Crippen LogP contribution in [-0.4, -0.2) is 23.7 Å². The van der Waals surface area contributed by atoms with E-state index in [1.807, 2.05) is 6.07 Å². The van der Waals surface area contributed by atoms with Gasteiger partial charge in [-0.2, -0.15) is 0 Å². The maximum absolute atomic E-state index is 12.3. The van der Waals surface area contributed by atoms with Crippen molar-refractivity contribution >= 4 is 7.60 Å². The second kappa shape index (κ2) is 7.31. The molecule has 0 bridgehead atoms. The molecule has 0 aliphatic carbocycles. The molecule has 7 heteroatoms. The van der Waals surface area contributed by atoms with Gasteiger partial charge in [0.2, 0.25) is 0 Å². The standard InChI is InChI=1S/C14H17N2O4P/c1-3-19-21(17,18-2)11-12-6-4-7-13(10-12)20-14-15-8-5-9-16-14/h4-10H,3,11H2,1-2H3. The van der Waals surface area contributed by atoms with Gasteiger partial charge in [0, 0.05) is 19.5 Å². The van der Waals surface area contributed by atoms with Gasteiger partial charge in [0.1, 0.15) is 5.75 Å². The minimum absolute atomic E-state index is 0.185. The van der Waals surface area contributed by atoms with E-state index in [0.717, 1.165) is 5.56 Å². The van der Waals surface area contributed by atoms with E-state index in [1.54, 1.807) is 43.6 Å². The number of rotatable bonds is 7. The first-order valence-electron chi connectivity index (χ1n) is 6.48. The van der Waals surface area contributed by atoms with E-state index in [1.165, 1.54) is 7.11 Å². The summed E-state index contributed by atoms with van der Waals surface area (Å²) >= 11 is 0. The number of ether oxygens (including phenoxy) is 1. The van der Waals surface area contributed by atoms with Gasteiger partial charge in [0.15, 0.2) is 0 Å². The van der Waals surface area contributed by atoms with Gasteiger partial charge in [-0.1, -0.05) is 12.1 Å². The smallest absolute Gasteiger partial charge is 0.334 e. The van der Waals surface area contributed by atoms with Gasteiger partial charge >= 0.3 is 13.6 Å². The molecule has 1 unspecified atom stereocenters. The molecule has 1 atom stereocenters. The van der Waals surface area contributed by atoms with Crippen molar-refractivity contribution in [2.45, 2.75) is 13.1 Å². The van der Waals surface area contributed by atoms with Gasteiger partial charge in [0.25, 0.3) is 0 Å². The molecule has 2 aromatic rings. The van der Waals surface area contributed by atoms with Gasteiger partial charge in [-0.25, -0.2) is 9.97 Å². The van der Waals surface area contributed by atoms with Gasteiger partial charge in [0.05, 0.1) is 12.8 Å². The van der Waals surface area contributed by atoms with Crippen LogP contribution in [0.5, 0.6) is 11.8 Å². The molecule has 0 N–H and O–H groups in total. The first-order valence-corrected chi connectivity index (χ1v) is 8.21. The van der Waals surface area contributed by atoms with Gasteiger partial charge in [-0.15, -0.1) is 0 Å². The van der Waals surface area contributed by atoms with Crippen LogP contribution in [0, 0.1) is 0 Å². The van der Waals surface area contributed by atoms with E-state index < -0.39 is 7.60 Å². The summed E-state index contributed by atoms with van der Waals surface area (Å²) in [5.74, 6) is 0.567. The monoisotopic (exact) mass is 308 g/mol. The Labute approximate surface area is 123 Å². The molecular formula is C14H17N2O4P. The Morgan fingerprint density at radius 1 is 1.19 bits per heavy atom. The molecule has 2 rings (SSSR count). The zero-order chi connectivity index (χ0) is 15.1. The fourth-order valence-corrected chi connectivity index (χ4v) is 3.10. The van der Waals surface area contributed by atoms with Crippen molar-refractivity contribution in [2.24, 2.45) is 0 Å². The van der Waals surface area contributed by atoms with Crippen LogP contribution >= 0.6 is 7.60 Å². The summed E-state index contributed by atoms with van der Waals surface area (Å²) in [6, 6.07) is 9.15. The molecule has 21 heavy (non-hydrogen) atoms. The average molecular weight is 308 g/mol. The maximum Gasteiger partial charge on any atom is 0.334 e. The summed E-state index contributed by atoms with van der Waals surface area (Å²) in [6.45, 7) is 2.11. The third-order valence-corrected chi connectivity index (χ3v) is 4.59.